The van der Waals surface area contributed by atoms with E-state index in [1.807, 2.05) is 30.1 Å². The Morgan fingerprint density at radius 1 is 1.40 bits per heavy atom. The van der Waals surface area contributed by atoms with E-state index in [0.717, 1.165) is 12.1 Å². The van der Waals surface area contributed by atoms with Gasteiger partial charge in [-0.1, -0.05) is 36.7 Å². The molecular formula is C12H18N2O. The predicted molar refractivity (Wildman–Crippen MR) is 63.7 cm³/mol. The van der Waals surface area contributed by atoms with E-state index in [2.05, 4.69) is 18.1 Å². The highest BCUT2D eigenvalue weighted by molar-refractivity contribution is 5.79. The molecule has 15 heavy (non-hydrogen) atoms. The number of rotatable bonds is 5. The molecule has 3 heteroatoms. The number of nitrogens with zero attached hydrogens (tertiary/aromatic N) is 2. The van der Waals surface area contributed by atoms with E-state index in [1.54, 1.807) is 0 Å². The molecule has 0 radical (unpaired) electrons. The predicted octanol–water partition coefficient (Wildman–Crippen LogP) is 2.88. The van der Waals surface area contributed by atoms with E-state index in [0.29, 0.717) is 0 Å². The Kier molecular flexibility index (Phi) is 4.68. The van der Waals surface area contributed by atoms with Gasteiger partial charge in [0, 0.05) is 12.7 Å². The average Bonchev–Trinajstić information content (AvgIpc) is 2.27. The molecule has 0 aliphatic carbocycles. The van der Waals surface area contributed by atoms with Gasteiger partial charge in [0.25, 0.3) is 0 Å². The second kappa shape index (κ2) is 6.06. The van der Waals surface area contributed by atoms with Gasteiger partial charge < -0.3 is 10.1 Å². The van der Waals surface area contributed by atoms with Crippen molar-refractivity contribution in [2.24, 2.45) is 5.16 Å². The van der Waals surface area contributed by atoms with Gasteiger partial charge in [0.1, 0.15) is 6.34 Å². The van der Waals surface area contributed by atoms with Crippen molar-refractivity contribution in [3.05, 3.63) is 29.8 Å². The van der Waals surface area contributed by atoms with E-state index in [9.17, 15) is 0 Å². The first-order valence-electron chi connectivity index (χ1n) is 5.28. The normalized spacial score (nSPS) is 10.8. The fraction of sp³-hybridized carbons (Fsp3) is 0.417. The molecule has 0 aliphatic heterocycles. The molecule has 3 nitrogen and oxygen atoms in total. The topological polar surface area (TPSA) is 35.8 Å². The summed E-state index contributed by atoms with van der Waals surface area (Å²) in [4.78, 5) is 1.82. The largest absolute Gasteiger partial charge is 0.410 e. The number of oxime groups is 1. The monoisotopic (exact) mass is 206 g/mol. The Morgan fingerprint density at radius 3 is 2.80 bits per heavy atom. The van der Waals surface area contributed by atoms with Crippen molar-refractivity contribution < 1.29 is 5.21 Å². The van der Waals surface area contributed by atoms with Crippen LogP contribution in [0.2, 0.25) is 0 Å². The van der Waals surface area contributed by atoms with Crippen LogP contribution in [0.5, 0.6) is 0 Å². The lowest BCUT2D eigenvalue weighted by Gasteiger charge is -2.16. The van der Waals surface area contributed by atoms with Gasteiger partial charge in [-0.25, -0.2) is 0 Å². The van der Waals surface area contributed by atoms with Gasteiger partial charge in [-0.05, 0) is 24.5 Å². The van der Waals surface area contributed by atoms with Gasteiger partial charge in [-0.2, -0.15) is 0 Å². The zero-order valence-corrected chi connectivity index (χ0v) is 9.35. The van der Waals surface area contributed by atoms with Gasteiger partial charge in [-0.15, -0.1) is 0 Å². The lowest BCUT2D eigenvalue weighted by Crippen LogP contribution is -2.15. The van der Waals surface area contributed by atoms with Crippen LogP contribution in [-0.2, 0) is 6.42 Å². The number of hydrogen-bond donors (Lipinski definition) is 1. The minimum atomic E-state index is 1.07. The molecule has 1 N–H and O–H groups in total. The van der Waals surface area contributed by atoms with Crippen LogP contribution in [0.1, 0.15) is 25.3 Å². The zero-order chi connectivity index (χ0) is 11.1. The van der Waals surface area contributed by atoms with Gasteiger partial charge in [-0.3, -0.25) is 0 Å². The van der Waals surface area contributed by atoms with Crippen LogP contribution in [0, 0.1) is 0 Å². The number of benzene rings is 1. The second-order valence-corrected chi connectivity index (χ2v) is 3.57. The first-order chi connectivity index (χ1) is 7.29. The molecule has 1 aromatic rings. The van der Waals surface area contributed by atoms with E-state index in [4.69, 9.17) is 5.21 Å². The fourth-order valence-electron chi connectivity index (χ4n) is 1.57. The number of aryl methyl sites for hydroxylation is 1. The third kappa shape index (κ3) is 3.27. The first kappa shape index (κ1) is 11.6. The van der Waals surface area contributed by atoms with Crippen molar-refractivity contribution in [1.29, 1.82) is 0 Å². The van der Waals surface area contributed by atoms with Crippen molar-refractivity contribution in [2.75, 3.05) is 11.9 Å². The summed E-state index contributed by atoms with van der Waals surface area (Å²) in [6, 6.07) is 8.18. The lowest BCUT2D eigenvalue weighted by atomic mass is 10.1. The fourth-order valence-corrected chi connectivity index (χ4v) is 1.57. The summed E-state index contributed by atoms with van der Waals surface area (Å²) in [5.74, 6) is 0. The van der Waals surface area contributed by atoms with Crippen LogP contribution in [0.25, 0.3) is 0 Å². The van der Waals surface area contributed by atoms with Crippen LogP contribution in [0.4, 0.5) is 5.69 Å². The van der Waals surface area contributed by atoms with Crippen LogP contribution < -0.4 is 4.90 Å². The maximum Gasteiger partial charge on any atom is 0.135 e. The number of anilines is 1. The highest BCUT2D eigenvalue weighted by atomic mass is 16.4. The zero-order valence-electron chi connectivity index (χ0n) is 9.35. The molecule has 0 saturated carbocycles. The molecule has 0 saturated heterocycles. The third-order valence-corrected chi connectivity index (χ3v) is 2.40. The Labute approximate surface area is 91.0 Å². The molecule has 0 fully saturated rings. The molecule has 0 heterocycles. The SMILES string of the molecule is CCCCc1ccccc1N(C)/C=N/O. The summed E-state index contributed by atoms with van der Waals surface area (Å²) in [6.07, 6.45) is 4.84. The van der Waals surface area contributed by atoms with Gasteiger partial charge in [0.2, 0.25) is 0 Å². The molecule has 0 aliphatic rings. The Bertz CT molecular complexity index is 323. The molecule has 0 amide bonds. The van der Waals surface area contributed by atoms with Gasteiger partial charge in [0.15, 0.2) is 0 Å². The van der Waals surface area contributed by atoms with Crippen molar-refractivity contribution in [3.8, 4) is 0 Å². The number of unbranched alkanes of at least 4 members (excludes halogenated alkanes) is 1. The summed E-state index contributed by atoms with van der Waals surface area (Å²) < 4.78 is 0. The number of para-hydroxylation sites is 1. The van der Waals surface area contributed by atoms with Crippen LogP contribution >= 0.6 is 0 Å². The summed E-state index contributed by atoms with van der Waals surface area (Å²) >= 11 is 0. The summed E-state index contributed by atoms with van der Waals surface area (Å²) in [5.41, 5.74) is 2.39. The summed E-state index contributed by atoms with van der Waals surface area (Å²) in [5, 5.41) is 11.5. The van der Waals surface area contributed by atoms with Crippen molar-refractivity contribution >= 4 is 12.0 Å². The standard InChI is InChI=1S/C12H18N2O/c1-3-4-7-11-8-5-6-9-12(11)14(2)10-13-15/h5-6,8-10,15H,3-4,7H2,1-2H3/b13-10+. The maximum absolute atomic E-state index is 8.49. The molecular weight excluding hydrogens is 188 g/mol. The van der Waals surface area contributed by atoms with Crippen LogP contribution in [-0.4, -0.2) is 18.6 Å². The molecule has 1 aromatic carbocycles. The number of hydrogen-bond acceptors (Lipinski definition) is 2. The first-order valence-corrected chi connectivity index (χ1v) is 5.28. The van der Waals surface area contributed by atoms with Crippen molar-refractivity contribution in [2.45, 2.75) is 26.2 Å². The molecule has 0 unspecified atom stereocenters. The lowest BCUT2D eigenvalue weighted by molar-refractivity contribution is 0.320. The van der Waals surface area contributed by atoms with Gasteiger partial charge >= 0.3 is 0 Å². The van der Waals surface area contributed by atoms with Crippen molar-refractivity contribution in [3.63, 3.8) is 0 Å². The Morgan fingerprint density at radius 2 is 2.13 bits per heavy atom. The Balaban J connectivity index is 2.85. The molecule has 82 valence electrons. The third-order valence-electron chi connectivity index (χ3n) is 2.40. The summed E-state index contributed by atoms with van der Waals surface area (Å²) in [7, 11) is 1.88. The second-order valence-electron chi connectivity index (χ2n) is 3.57. The average molecular weight is 206 g/mol. The summed E-state index contributed by atoms with van der Waals surface area (Å²) in [6.45, 7) is 2.18. The van der Waals surface area contributed by atoms with E-state index in [-0.39, 0.29) is 0 Å². The van der Waals surface area contributed by atoms with Gasteiger partial charge in [0.05, 0.1) is 0 Å². The minimum Gasteiger partial charge on any atom is -0.410 e. The van der Waals surface area contributed by atoms with Crippen LogP contribution in [0.3, 0.4) is 0 Å². The maximum atomic E-state index is 8.49. The molecule has 0 atom stereocenters. The smallest absolute Gasteiger partial charge is 0.135 e. The highest BCUT2D eigenvalue weighted by Gasteiger charge is 2.04. The quantitative estimate of drug-likeness (QED) is 0.348. The minimum absolute atomic E-state index is 1.07. The Hall–Kier alpha value is -1.51. The van der Waals surface area contributed by atoms with Crippen molar-refractivity contribution in [1.82, 2.24) is 0 Å². The molecule has 0 spiro atoms. The van der Waals surface area contributed by atoms with E-state index >= 15 is 0 Å². The molecule has 1 rings (SSSR count). The van der Waals surface area contributed by atoms with Crippen LogP contribution in [0.15, 0.2) is 29.4 Å². The highest BCUT2D eigenvalue weighted by Crippen LogP contribution is 2.20. The molecule has 0 aromatic heterocycles. The van der Waals surface area contributed by atoms with E-state index < -0.39 is 0 Å². The molecule has 0 bridgehead atoms. The van der Waals surface area contributed by atoms with E-state index in [1.165, 1.54) is 24.7 Å².